The smallest absolute Gasteiger partial charge is 0.137 e. The second kappa shape index (κ2) is 6.99. The minimum atomic E-state index is 0.678. The van der Waals surface area contributed by atoms with Crippen molar-refractivity contribution < 1.29 is 4.74 Å². The van der Waals surface area contributed by atoms with Gasteiger partial charge in [0.2, 0.25) is 0 Å². The van der Waals surface area contributed by atoms with Gasteiger partial charge in [0.05, 0.1) is 6.61 Å². The predicted molar refractivity (Wildman–Crippen MR) is 106 cm³/mol. The van der Waals surface area contributed by atoms with Gasteiger partial charge in [-0.2, -0.15) is 0 Å². The van der Waals surface area contributed by atoms with Crippen molar-refractivity contribution in [2.24, 2.45) is 11.8 Å². The van der Waals surface area contributed by atoms with Crippen LogP contribution in [0.4, 0.5) is 0 Å². The van der Waals surface area contributed by atoms with Gasteiger partial charge in [-0.3, -0.25) is 0 Å². The summed E-state index contributed by atoms with van der Waals surface area (Å²) in [5.41, 5.74) is 5.98. The summed E-state index contributed by atoms with van der Waals surface area (Å²) in [5.74, 6) is 3.35. The highest BCUT2D eigenvalue weighted by Crippen LogP contribution is 2.33. The average molecular weight is 346 g/mol. The van der Waals surface area contributed by atoms with Crippen LogP contribution in [0.5, 0.6) is 5.75 Å². The Bertz CT molecular complexity index is 895. The van der Waals surface area contributed by atoms with E-state index in [-0.39, 0.29) is 0 Å². The number of benzene rings is 2. The number of nitrogens with zero attached hydrogens (tertiary/aromatic N) is 1. The summed E-state index contributed by atoms with van der Waals surface area (Å²) < 4.78 is 6.00. The van der Waals surface area contributed by atoms with Crippen molar-refractivity contribution in [2.75, 3.05) is 6.61 Å². The largest absolute Gasteiger partial charge is 0.493 e. The van der Waals surface area contributed by atoms with Crippen molar-refractivity contribution in [3.63, 3.8) is 0 Å². The van der Waals surface area contributed by atoms with E-state index in [2.05, 4.69) is 66.3 Å². The highest BCUT2D eigenvalue weighted by Gasteiger charge is 2.19. The first-order valence-electron chi connectivity index (χ1n) is 9.48. The molecule has 0 saturated carbocycles. The molecule has 3 nitrogen and oxygen atoms in total. The molecule has 0 saturated heterocycles. The Labute approximate surface area is 155 Å². The van der Waals surface area contributed by atoms with Gasteiger partial charge in [0.1, 0.15) is 11.6 Å². The Morgan fingerprint density at radius 3 is 2.42 bits per heavy atom. The van der Waals surface area contributed by atoms with E-state index in [1.165, 1.54) is 16.7 Å². The normalized spacial score (nSPS) is 20.0. The summed E-state index contributed by atoms with van der Waals surface area (Å²) in [7, 11) is 0. The highest BCUT2D eigenvalue weighted by atomic mass is 16.5. The summed E-state index contributed by atoms with van der Waals surface area (Å²) in [4.78, 5) is 7.70. The summed E-state index contributed by atoms with van der Waals surface area (Å²) in [6.07, 6.45) is 4.07. The van der Waals surface area contributed by atoms with Crippen molar-refractivity contribution >= 4 is 0 Å². The van der Waals surface area contributed by atoms with Crippen molar-refractivity contribution in [2.45, 2.75) is 33.6 Å². The van der Waals surface area contributed by atoms with Gasteiger partial charge >= 0.3 is 0 Å². The quantitative estimate of drug-likeness (QED) is 0.651. The van der Waals surface area contributed by atoms with Crippen LogP contribution in [0.25, 0.3) is 22.5 Å². The maximum absolute atomic E-state index is 6.00. The Hall–Kier alpha value is -2.55. The summed E-state index contributed by atoms with van der Waals surface area (Å²) >= 11 is 0. The van der Waals surface area contributed by atoms with E-state index in [9.17, 15) is 0 Å². The SMILES string of the molecule is Cc1cnc(-c2ccc(-c3ccc4c(c3)CC(C)C(C)CCO4)cc2)[nH]1. The van der Waals surface area contributed by atoms with E-state index < -0.39 is 0 Å². The van der Waals surface area contributed by atoms with Gasteiger partial charge in [0.15, 0.2) is 0 Å². The molecule has 0 fully saturated rings. The van der Waals surface area contributed by atoms with Gasteiger partial charge in [0, 0.05) is 17.5 Å². The molecule has 0 aliphatic carbocycles. The third kappa shape index (κ3) is 3.39. The maximum Gasteiger partial charge on any atom is 0.137 e. The number of ether oxygens (including phenoxy) is 1. The first-order chi connectivity index (χ1) is 12.6. The van der Waals surface area contributed by atoms with Crippen LogP contribution in [-0.4, -0.2) is 16.6 Å². The fourth-order valence-corrected chi connectivity index (χ4v) is 3.63. The van der Waals surface area contributed by atoms with Crippen molar-refractivity contribution in [3.8, 4) is 28.3 Å². The summed E-state index contributed by atoms with van der Waals surface area (Å²) in [6, 6.07) is 15.2. The minimum absolute atomic E-state index is 0.678. The molecule has 3 aromatic rings. The van der Waals surface area contributed by atoms with Crippen LogP contribution in [0.3, 0.4) is 0 Å². The molecular weight excluding hydrogens is 320 g/mol. The number of imidazole rings is 1. The third-order valence-electron chi connectivity index (χ3n) is 5.60. The lowest BCUT2D eigenvalue weighted by atomic mass is 9.86. The van der Waals surface area contributed by atoms with Gasteiger partial charge in [-0.15, -0.1) is 0 Å². The van der Waals surface area contributed by atoms with Crippen molar-refractivity contribution in [1.29, 1.82) is 0 Å². The first-order valence-corrected chi connectivity index (χ1v) is 9.48. The number of aromatic nitrogens is 2. The molecule has 1 aliphatic heterocycles. The molecule has 4 rings (SSSR count). The first kappa shape index (κ1) is 16.9. The fourth-order valence-electron chi connectivity index (χ4n) is 3.63. The second-order valence-corrected chi connectivity index (χ2v) is 7.61. The van der Waals surface area contributed by atoms with Gasteiger partial charge in [0.25, 0.3) is 0 Å². The molecule has 3 heteroatoms. The summed E-state index contributed by atoms with van der Waals surface area (Å²) in [6.45, 7) is 7.52. The number of rotatable bonds is 2. The monoisotopic (exact) mass is 346 g/mol. The lowest BCUT2D eigenvalue weighted by Crippen LogP contribution is -2.18. The minimum Gasteiger partial charge on any atom is -0.493 e. The number of hydrogen-bond acceptors (Lipinski definition) is 2. The zero-order valence-electron chi connectivity index (χ0n) is 15.8. The molecule has 2 heterocycles. The molecule has 2 unspecified atom stereocenters. The number of nitrogens with one attached hydrogen (secondary N) is 1. The van der Waals surface area contributed by atoms with Gasteiger partial charge in [-0.05, 0) is 60.4 Å². The zero-order valence-corrected chi connectivity index (χ0v) is 15.8. The van der Waals surface area contributed by atoms with Crippen molar-refractivity contribution in [3.05, 3.63) is 59.9 Å². The predicted octanol–water partition coefficient (Wildman–Crippen LogP) is 5.65. The highest BCUT2D eigenvalue weighted by molar-refractivity contribution is 5.69. The molecule has 134 valence electrons. The molecule has 26 heavy (non-hydrogen) atoms. The molecule has 1 aromatic heterocycles. The standard InChI is InChI=1S/C23H26N2O/c1-15-10-11-26-22-9-8-20(13-21(22)12-16(15)2)18-4-6-19(7-5-18)23-24-14-17(3)25-23/h4-9,13-16H,10-12H2,1-3H3,(H,24,25). The molecular formula is C23H26N2O. The van der Waals surface area contributed by atoms with Crippen molar-refractivity contribution in [1.82, 2.24) is 9.97 Å². The molecule has 0 bridgehead atoms. The fraction of sp³-hybridized carbons (Fsp3) is 0.348. The van der Waals surface area contributed by atoms with Crippen LogP contribution in [0, 0.1) is 18.8 Å². The number of fused-ring (bicyclic) bond motifs is 1. The third-order valence-corrected chi connectivity index (χ3v) is 5.60. The summed E-state index contributed by atoms with van der Waals surface area (Å²) in [5, 5.41) is 0. The molecule has 2 aromatic carbocycles. The molecule has 1 aliphatic rings. The maximum atomic E-state index is 6.00. The lowest BCUT2D eigenvalue weighted by molar-refractivity contribution is 0.234. The average Bonchev–Trinajstić information content (AvgIpc) is 3.08. The number of H-pyrrole nitrogens is 1. The number of aromatic amines is 1. The Balaban J connectivity index is 1.63. The lowest BCUT2D eigenvalue weighted by Gasteiger charge is -2.25. The Morgan fingerprint density at radius 1 is 0.962 bits per heavy atom. The Morgan fingerprint density at radius 2 is 1.69 bits per heavy atom. The number of hydrogen-bond donors (Lipinski definition) is 1. The second-order valence-electron chi connectivity index (χ2n) is 7.61. The topological polar surface area (TPSA) is 37.9 Å². The molecule has 1 N–H and O–H groups in total. The van der Waals surface area contributed by atoms with Crippen LogP contribution < -0.4 is 4.74 Å². The molecule has 0 spiro atoms. The van der Waals surface area contributed by atoms with E-state index in [1.807, 2.05) is 13.1 Å². The van der Waals surface area contributed by atoms with Crippen LogP contribution in [0.1, 0.15) is 31.5 Å². The molecule has 2 atom stereocenters. The van der Waals surface area contributed by atoms with Crippen LogP contribution in [0.15, 0.2) is 48.7 Å². The van der Waals surface area contributed by atoms with E-state index in [0.717, 1.165) is 42.3 Å². The number of aryl methyl sites for hydroxylation is 1. The van der Waals surface area contributed by atoms with E-state index in [1.54, 1.807) is 0 Å². The molecule has 0 amide bonds. The Kier molecular flexibility index (Phi) is 4.54. The van der Waals surface area contributed by atoms with Crippen LogP contribution in [-0.2, 0) is 6.42 Å². The van der Waals surface area contributed by atoms with Gasteiger partial charge in [-0.25, -0.2) is 4.98 Å². The van der Waals surface area contributed by atoms with E-state index in [0.29, 0.717) is 11.8 Å². The molecule has 0 radical (unpaired) electrons. The van der Waals surface area contributed by atoms with Gasteiger partial charge in [-0.1, -0.05) is 44.2 Å². The van der Waals surface area contributed by atoms with Gasteiger partial charge < -0.3 is 9.72 Å². The van der Waals surface area contributed by atoms with Crippen LogP contribution in [0.2, 0.25) is 0 Å². The zero-order chi connectivity index (χ0) is 18.1. The van der Waals surface area contributed by atoms with E-state index in [4.69, 9.17) is 4.74 Å². The van der Waals surface area contributed by atoms with Crippen LogP contribution >= 0.6 is 0 Å². The van der Waals surface area contributed by atoms with E-state index >= 15 is 0 Å².